The standard InChI is InChI=1S/C16H20ClFN2O/c1-10-14(11(2)20(3)19-10)8-7-13(21)9-12-5-4-6-15(18)16(12)17/h4-6,13,21H,7-9H2,1-3H3. The van der Waals surface area contributed by atoms with E-state index in [1.54, 1.807) is 12.1 Å². The number of benzene rings is 1. The zero-order chi connectivity index (χ0) is 15.6. The van der Waals surface area contributed by atoms with Gasteiger partial charge in [-0.3, -0.25) is 4.68 Å². The Morgan fingerprint density at radius 1 is 1.38 bits per heavy atom. The van der Waals surface area contributed by atoms with Crippen molar-refractivity contribution in [2.24, 2.45) is 7.05 Å². The van der Waals surface area contributed by atoms with Crippen LogP contribution in [0.1, 0.15) is 28.9 Å². The quantitative estimate of drug-likeness (QED) is 0.919. The van der Waals surface area contributed by atoms with Gasteiger partial charge in [0.25, 0.3) is 0 Å². The van der Waals surface area contributed by atoms with E-state index in [-0.39, 0.29) is 5.02 Å². The summed E-state index contributed by atoms with van der Waals surface area (Å²) in [6.45, 7) is 3.99. The highest BCUT2D eigenvalue weighted by molar-refractivity contribution is 6.31. The number of aliphatic hydroxyl groups excluding tert-OH is 1. The van der Waals surface area contributed by atoms with Crippen molar-refractivity contribution in [2.45, 2.75) is 39.2 Å². The first-order valence-corrected chi connectivity index (χ1v) is 7.38. The van der Waals surface area contributed by atoms with E-state index in [1.807, 2.05) is 25.6 Å². The van der Waals surface area contributed by atoms with Crippen molar-refractivity contribution in [1.29, 1.82) is 0 Å². The molecule has 0 radical (unpaired) electrons. The molecule has 1 atom stereocenters. The van der Waals surface area contributed by atoms with Crippen molar-refractivity contribution in [1.82, 2.24) is 9.78 Å². The Balaban J connectivity index is 1.99. The molecule has 0 amide bonds. The van der Waals surface area contributed by atoms with E-state index in [1.165, 1.54) is 11.6 Å². The van der Waals surface area contributed by atoms with Gasteiger partial charge in [-0.05, 0) is 50.3 Å². The molecule has 1 unspecified atom stereocenters. The first-order chi connectivity index (χ1) is 9.90. The van der Waals surface area contributed by atoms with Gasteiger partial charge in [0.05, 0.1) is 16.8 Å². The van der Waals surface area contributed by atoms with Crippen molar-refractivity contribution in [3.8, 4) is 0 Å². The average molecular weight is 311 g/mol. The summed E-state index contributed by atoms with van der Waals surface area (Å²) >= 11 is 5.91. The highest BCUT2D eigenvalue weighted by atomic mass is 35.5. The van der Waals surface area contributed by atoms with Gasteiger partial charge >= 0.3 is 0 Å². The second kappa shape index (κ2) is 6.58. The van der Waals surface area contributed by atoms with Gasteiger partial charge < -0.3 is 5.11 Å². The van der Waals surface area contributed by atoms with Crippen LogP contribution in [0.4, 0.5) is 4.39 Å². The van der Waals surface area contributed by atoms with E-state index in [2.05, 4.69) is 5.10 Å². The number of hydrogen-bond acceptors (Lipinski definition) is 2. The normalized spacial score (nSPS) is 12.7. The summed E-state index contributed by atoms with van der Waals surface area (Å²) in [6, 6.07) is 4.68. The molecule has 1 N–H and O–H groups in total. The van der Waals surface area contributed by atoms with Crippen LogP contribution in [-0.4, -0.2) is 21.0 Å². The highest BCUT2D eigenvalue weighted by Crippen LogP contribution is 2.22. The molecule has 2 rings (SSSR count). The van der Waals surface area contributed by atoms with Crippen molar-refractivity contribution in [3.05, 3.63) is 51.6 Å². The fourth-order valence-electron chi connectivity index (χ4n) is 2.55. The Labute approximate surface area is 129 Å². The smallest absolute Gasteiger partial charge is 0.142 e. The van der Waals surface area contributed by atoms with Crippen LogP contribution in [0.2, 0.25) is 5.02 Å². The van der Waals surface area contributed by atoms with E-state index >= 15 is 0 Å². The monoisotopic (exact) mass is 310 g/mol. The van der Waals surface area contributed by atoms with E-state index < -0.39 is 11.9 Å². The maximum Gasteiger partial charge on any atom is 0.142 e. The van der Waals surface area contributed by atoms with E-state index in [0.717, 1.165) is 17.8 Å². The third-order valence-corrected chi connectivity index (χ3v) is 4.30. The second-order valence-electron chi connectivity index (χ2n) is 5.38. The summed E-state index contributed by atoms with van der Waals surface area (Å²) in [6.07, 6.45) is 1.15. The summed E-state index contributed by atoms with van der Waals surface area (Å²) in [5.41, 5.74) is 3.92. The van der Waals surface area contributed by atoms with Crippen molar-refractivity contribution >= 4 is 11.6 Å². The van der Waals surface area contributed by atoms with Crippen LogP contribution in [0, 0.1) is 19.7 Å². The number of hydrogen-bond donors (Lipinski definition) is 1. The minimum Gasteiger partial charge on any atom is -0.393 e. The molecule has 3 nitrogen and oxygen atoms in total. The average Bonchev–Trinajstić information content (AvgIpc) is 2.67. The molecule has 1 aromatic heterocycles. The van der Waals surface area contributed by atoms with Crippen LogP contribution in [0.15, 0.2) is 18.2 Å². The zero-order valence-corrected chi connectivity index (χ0v) is 13.3. The van der Waals surface area contributed by atoms with E-state index in [0.29, 0.717) is 18.4 Å². The lowest BCUT2D eigenvalue weighted by molar-refractivity contribution is 0.165. The molecule has 2 aromatic rings. The van der Waals surface area contributed by atoms with Gasteiger partial charge in [-0.1, -0.05) is 23.7 Å². The number of halogens is 2. The van der Waals surface area contributed by atoms with Gasteiger partial charge in [0, 0.05) is 12.7 Å². The van der Waals surface area contributed by atoms with Crippen molar-refractivity contribution in [2.75, 3.05) is 0 Å². The maximum absolute atomic E-state index is 13.4. The van der Waals surface area contributed by atoms with Crippen LogP contribution in [0.25, 0.3) is 0 Å². The SMILES string of the molecule is Cc1nn(C)c(C)c1CCC(O)Cc1cccc(F)c1Cl. The summed E-state index contributed by atoms with van der Waals surface area (Å²) in [4.78, 5) is 0. The molecule has 0 aliphatic carbocycles. The Morgan fingerprint density at radius 2 is 2.10 bits per heavy atom. The lowest BCUT2D eigenvalue weighted by atomic mass is 10.0. The Bertz CT molecular complexity index is 639. The third-order valence-electron chi connectivity index (χ3n) is 3.87. The zero-order valence-electron chi connectivity index (χ0n) is 12.5. The van der Waals surface area contributed by atoms with Crippen molar-refractivity contribution < 1.29 is 9.50 Å². The Hall–Kier alpha value is -1.39. The molecule has 0 fully saturated rings. The first kappa shape index (κ1) is 16.0. The lowest BCUT2D eigenvalue weighted by Crippen LogP contribution is -2.12. The van der Waals surface area contributed by atoms with Crippen LogP contribution in [0.3, 0.4) is 0 Å². The van der Waals surface area contributed by atoms with Crippen LogP contribution in [-0.2, 0) is 19.9 Å². The number of rotatable bonds is 5. The van der Waals surface area contributed by atoms with Gasteiger partial charge in [0.2, 0.25) is 0 Å². The molecule has 21 heavy (non-hydrogen) atoms. The molecule has 1 aromatic carbocycles. The molecule has 0 bridgehead atoms. The number of nitrogens with zero attached hydrogens (tertiary/aromatic N) is 2. The second-order valence-corrected chi connectivity index (χ2v) is 5.76. The van der Waals surface area contributed by atoms with Crippen LogP contribution in [0.5, 0.6) is 0 Å². The van der Waals surface area contributed by atoms with Crippen LogP contribution < -0.4 is 0 Å². The summed E-state index contributed by atoms with van der Waals surface area (Å²) in [5, 5.41) is 14.6. The molecular weight excluding hydrogens is 291 g/mol. The molecule has 0 spiro atoms. The molecular formula is C16H20ClFN2O. The number of aliphatic hydroxyl groups is 1. The Morgan fingerprint density at radius 3 is 2.71 bits per heavy atom. The van der Waals surface area contributed by atoms with E-state index in [4.69, 9.17) is 11.6 Å². The van der Waals surface area contributed by atoms with Gasteiger partial charge in [-0.2, -0.15) is 5.10 Å². The number of aryl methyl sites for hydroxylation is 2. The predicted octanol–water partition coefficient (Wildman–Crippen LogP) is 3.37. The first-order valence-electron chi connectivity index (χ1n) is 7.00. The van der Waals surface area contributed by atoms with Gasteiger partial charge in [0.15, 0.2) is 0 Å². The third kappa shape index (κ3) is 3.63. The summed E-state index contributed by atoms with van der Waals surface area (Å²) < 4.78 is 15.2. The molecule has 0 saturated carbocycles. The summed E-state index contributed by atoms with van der Waals surface area (Å²) in [7, 11) is 1.91. The van der Waals surface area contributed by atoms with Crippen molar-refractivity contribution in [3.63, 3.8) is 0 Å². The fourth-order valence-corrected chi connectivity index (χ4v) is 2.76. The van der Waals surface area contributed by atoms with Gasteiger partial charge in [-0.25, -0.2) is 4.39 Å². The molecule has 0 aliphatic rings. The lowest BCUT2D eigenvalue weighted by Gasteiger charge is -2.12. The summed E-state index contributed by atoms with van der Waals surface area (Å²) in [5.74, 6) is -0.444. The molecule has 0 aliphatic heterocycles. The number of aromatic nitrogens is 2. The molecule has 1 heterocycles. The van der Waals surface area contributed by atoms with Crippen LogP contribution >= 0.6 is 11.6 Å². The molecule has 0 saturated heterocycles. The fraction of sp³-hybridized carbons (Fsp3) is 0.438. The molecule has 5 heteroatoms. The topological polar surface area (TPSA) is 38.0 Å². The Kier molecular flexibility index (Phi) is 5.01. The maximum atomic E-state index is 13.4. The minimum atomic E-state index is -0.552. The van der Waals surface area contributed by atoms with E-state index in [9.17, 15) is 9.50 Å². The highest BCUT2D eigenvalue weighted by Gasteiger charge is 2.14. The van der Waals surface area contributed by atoms with Gasteiger partial charge in [-0.15, -0.1) is 0 Å². The minimum absolute atomic E-state index is 0.102. The van der Waals surface area contributed by atoms with Gasteiger partial charge in [0.1, 0.15) is 5.82 Å². The predicted molar refractivity (Wildman–Crippen MR) is 82.1 cm³/mol. The molecule has 114 valence electrons. The largest absolute Gasteiger partial charge is 0.393 e.